The van der Waals surface area contributed by atoms with Crippen molar-refractivity contribution in [2.45, 2.75) is 11.4 Å². The number of carbonyl (C=O) groups excluding carboxylic acids is 1. The molecule has 0 atom stereocenters. The average molecular weight is 449 g/mol. The molecule has 0 aliphatic carbocycles. The zero-order chi connectivity index (χ0) is 22.6. The van der Waals surface area contributed by atoms with Crippen molar-refractivity contribution in [1.29, 1.82) is 0 Å². The molecule has 162 valence electrons. The van der Waals surface area contributed by atoms with E-state index < -0.39 is 28.3 Å². The largest absolute Gasteiger partial charge is 0.350 e. The quantitative estimate of drug-likeness (QED) is 0.453. The summed E-state index contributed by atoms with van der Waals surface area (Å²) < 4.78 is 40.8. The zero-order valence-corrected chi connectivity index (χ0v) is 17.9. The molecule has 32 heavy (non-hydrogen) atoms. The van der Waals surface area contributed by atoms with Crippen LogP contribution in [0.5, 0.6) is 0 Å². The van der Waals surface area contributed by atoms with Gasteiger partial charge in [-0.25, -0.2) is 12.8 Å². The Bertz CT molecular complexity index is 1340. The first kappa shape index (κ1) is 21.5. The van der Waals surface area contributed by atoms with Crippen LogP contribution in [0.1, 0.15) is 5.56 Å². The maximum Gasteiger partial charge on any atom is 0.264 e. The Kier molecular flexibility index (Phi) is 6.18. The normalized spacial score (nSPS) is 11.3. The predicted molar refractivity (Wildman–Crippen MR) is 123 cm³/mol. The van der Waals surface area contributed by atoms with Gasteiger partial charge in [0.1, 0.15) is 12.4 Å². The molecule has 0 saturated heterocycles. The molecule has 0 aromatic heterocycles. The lowest BCUT2D eigenvalue weighted by molar-refractivity contribution is -0.119. The van der Waals surface area contributed by atoms with Gasteiger partial charge in [0, 0.05) is 6.54 Å². The van der Waals surface area contributed by atoms with Gasteiger partial charge in [0.2, 0.25) is 5.91 Å². The van der Waals surface area contributed by atoms with Crippen LogP contribution in [0.15, 0.2) is 102 Å². The van der Waals surface area contributed by atoms with Crippen molar-refractivity contribution < 1.29 is 17.6 Å². The Morgan fingerprint density at radius 2 is 1.47 bits per heavy atom. The summed E-state index contributed by atoms with van der Waals surface area (Å²) in [6.45, 7) is -0.145. The van der Waals surface area contributed by atoms with Crippen molar-refractivity contribution in [3.05, 3.63) is 108 Å². The van der Waals surface area contributed by atoms with Crippen molar-refractivity contribution in [2.75, 3.05) is 10.8 Å². The number of sulfonamides is 1. The van der Waals surface area contributed by atoms with E-state index in [4.69, 9.17) is 0 Å². The third-order valence-electron chi connectivity index (χ3n) is 5.09. The second kappa shape index (κ2) is 9.20. The molecule has 0 aliphatic heterocycles. The molecule has 4 rings (SSSR count). The van der Waals surface area contributed by atoms with Crippen LogP contribution in [0.25, 0.3) is 10.8 Å². The number of fused-ring (bicyclic) bond motifs is 1. The summed E-state index contributed by atoms with van der Waals surface area (Å²) in [5, 5.41) is 4.90. The molecule has 4 aromatic rings. The number of rotatable bonds is 7. The topological polar surface area (TPSA) is 66.5 Å². The summed E-state index contributed by atoms with van der Waals surface area (Å²) in [5.74, 6) is -0.990. The molecule has 0 bridgehead atoms. The van der Waals surface area contributed by atoms with Crippen LogP contribution in [-0.2, 0) is 21.4 Å². The minimum atomic E-state index is -4.08. The molecule has 7 heteroatoms. The fraction of sp³-hybridized carbons (Fsp3) is 0.0800. The minimum absolute atomic E-state index is 0.0930. The van der Waals surface area contributed by atoms with Crippen LogP contribution in [-0.4, -0.2) is 20.9 Å². The molecule has 0 unspecified atom stereocenters. The number of hydrogen-bond donors (Lipinski definition) is 1. The first-order valence-electron chi connectivity index (χ1n) is 10.0. The third-order valence-corrected chi connectivity index (χ3v) is 6.88. The van der Waals surface area contributed by atoms with Gasteiger partial charge in [-0.05, 0) is 52.7 Å². The van der Waals surface area contributed by atoms with Gasteiger partial charge >= 0.3 is 0 Å². The van der Waals surface area contributed by atoms with Gasteiger partial charge in [0.15, 0.2) is 0 Å². The first-order chi connectivity index (χ1) is 15.4. The van der Waals surface area contributed by atoms with Crippen LogP contribution >= 0.6 is 0 Å². The second-order valence-electron chi connectivity index (χ2n) is 7.22. The molecule has 0 spiro atoms. The van der Waals surface area contributed by atoms with Gasteiger partial charge in [-0.15, -0.1) is 0 Å². The molecular formula is C25H21FN2O3S. The van der Waals surface area contributed by atoms with Crippen molar-refractivity contribution in [1.82, 2.24) is 5.32 Å². The molecule has 5 nitrogen and oxygen atoms in total. The number of amides is 1. The van der Waals surface area contributed by atoms with E-state index in [1.807, 2.05) is 42.5 Å². The third kappa shape index (κ3) is 4.63. The number of anilines is 1. The van der Waals surface area contributed by atoms with Crippen molar-refractivity contribution >= 4 is 32.4 Å². The van der Waals surface area contributed by atoms with Gasteiger partial charge < -0.3 is 5.32 Å². The van der Waals surface area contributed by atoms with Crippen LogP contribution in [0.4, 0.5) is 10.1 Å². The first-order valence-corrected chi connectivity index (χ1v) is 11.5. The molecule has 1 amide bonds. The molecule has 1 N–H and O–H groups in total. The summed E-state index contributed by atoms with van der Waals surface area (Å²) >= 11 is 0. The van der Waals surface area contributed by atoms with Crippen LogP contribution in [0.3, 0.4) is 0 Å². The smallest absolute Gasteiger partial charge is 0.264 e. The summed E-state index contributed by atoms with van der Waals surface area (Å²) in [5.41, 5.74) is 1.28. The lowest BCUT2D eigenvalue weighted by atomic mass is 10.0. The van der Waals surface area contributed by atoms with Gasteiger partial charge in [0.05, 0.1) is 10.6 Å². The lowest BCUT2D eigenvalue weighted by Gasteiger charge is -2.24. The second-order valence-corrected chi connectivity index (χ2v) is 9.08. The number of hydrogen-bond acceptors (Lipinski definition) is 3. The molecule has 0 aliphatic rings. The van der Waals surface area contributed by atoms with Crippen molar-refractivity contribution in [3.63, 3.8) is 0 Å². The number of carbonyl (C=O) groups is 1. The molecule has 0 fully saturated rings. The average Bonchev–Trinajstić information content (AvgIpc) is 2.82. The van der Waals surface area contributed by atoms with Gasteiger partial charge in [-0.3, -0.25) is 9.10 Å². The Morgan fingerprint density at radius 1 is 0.812 bits per heavy atom. The number of para-hydroxylation sites is 1. The highest BCUT2D eigenvalue weighted by atomic mass is 32.2. The van der Waals surface area contributed by atoms with Crippen LogP contribution in [0.2, 0.25) is 0 Å². The molecule has 4 aromatic carbocycles. The van der Waals surface area contributed by atoms with E-state index in [2.05, 4.69) is 5.32 Å². The summed E-state index contributed by atoms with van der Waals surface area (Å²) in [7, 11) is -4.08. The number of benzene rings is 4. The van der Waals surface area contributed by atoms with E-state index in [0.29, 0.717) is 5.69 Å². The number of nitrogens with zero attached hydrogens (tertiary/aromatic N) is 1. The van der Waals surface area contributed by atoms with E-state index in [0.717, 1.165) is 32.8 Å². The highest BCUT2D eigenvalue weighted by molar-refractivity contribution is 7.92. The number of halogens is 1. The van der Waals surface area contributed by atoms with E-state index in [9.17, 15) is 17.6 Å². The Labute approximate surface area is 186 Å². The van der Waals surface area contributed by atoms with E-state index in [1.165, 1.54) is 12.1 Å². The van der Waals surface area contributed by atoms with Crippen molar-refractivity contribution in [3.8, 4) is 0 Å². The fourth-order valence-corrected chi connectivity index (χ4v) is 4.89. The highest BCUT2D eigenvalue weighted by Gasteiger charge is 2.27. The van der Waals surface area contributed by atoms with Crippen LogP contribution in [0, 0.1) is 5.82 Å². The minimum Gasteiger partial charge on any atom is -0.350 e. The standard InChI is InChI=1S/C25H21FN2O3S/c26-21-13-15-23(16-14-21)32(30,31)28(22-10-2-1-3-11-22)18-25(29)27-17-20-9-6-8-19-7-4-5-12-24(19)20/h1-16H,17-18H2,(H,27,29). The summed E-state index contributed by atoms with van der Waals surface area (Å²) in [6, 6.07) is 26.6. The van der Waals surface area contributed by atoms with Crippen molar-refractivity contribution in [2.24, 2.45) is 0 Å². The Morgan fingerprint density at radius 3 is 2.22 bits per heavy atom. The van der Waals surface area contributed by atoms with Gasteiger partial charge in [-0.1, -0.05) is 60.7 Å². The lowest BCUT2D eigenvalue weighted by Crippen LogP contribution is -2.40. The monoisotopic (exact) mass is 448 g/mol. The van der Waals surface area contributed by atoms with Crippen LogP contribution < -0.4 is 9.62 Å². The fourth-order valence-electron chi connectivity index (χ4n) is 3.47. The van der Waals surface area contributed by atoms with E-state index in [-0.39, 0.29) is 11.4 Å². The predicted octanol–water partition coefficient (Wildman–Crippen LogP) is 4.49. The zero-order valence-electron chi connectivity index (χ0n) is 17.1. The SMILES string of the molecule is O=C(CN(c1ccccc1)S(=O)(=O)c1ccc(F)cc1)NCc1cccc2ccccc12. The molecular weight excluding hydrogens is 427 g/mol. The van der Waals surface area contributed by atoms with Gasteiger partial charge in [-0.2, -0.15) is 0 Å². The summed E-state index contributed by atoms with van der Waals surface area (Å²) in [6.07, 6.45) is 0. The number of nitrogens with one attached hydrogen (secondary N) is 1. The maximum atomic E-state index is 13.3. The van der Waals surface area contributed by atoms with Gasteiger partial charge in [0.25, 0.3) is 10.0 Å². The summed E-state index contributed by atoms with van der Waals surface area (Å²) in [4.78, 5) is 12.7. The highest BCUT2D eigenvalue weighted by Crippen LogP contribution is 2.24. The van der Waals surface area contributed by atoms with E-state index in [1.54, 1.807) is 30.3 Å². The molecule has 0 saturated carbocycles. The Hall–Kier alpha value is -3.71. The molecule has 0 heterocycles. The maximum absolute atomic E-state index is 13.3. The Balaban J connectivity index is 1.57. The molecule has 0 radical (unpaired) electrons. The van der Waals surface area contributed by atoms with E-state index >= 15 is 0 Å².